The van der Waals surface area contributed by atoms with E-state index in [0.29, 0.717) is 12.1 Å². The van der Waals surface area contributed by atoms with Crippen molar-refractivity contribution in [2.45, 2.75) is 19.4 Å². The number of nitrogens with one attached hydrogen (secondary N) is 2. The fourth-order valence-electron chi connectivity index (χ4n) is 3.09. The van der Waals surface area contributed by atoms with Crippen molar-refractivity contribution < 1.29 is 27.5 Å². The van der Waals surface area contributed by atoms with Gasteiger partial charge in [0.15, 0.2) is 16.4 Å². The van der Waals surface area contributed by atoms with Crippen LogP contribution in [0.4, 0.5) is 5.69 Å². The van der Waals surface area contributed by atoms with E-state index in [4.69, 9.17) is 4.74 Å². The summed E-state index contributed by atoms with van der Waals surface area (Å²) in [6, 6.07) is 10.1. The van der Waals surface area contributed by atoms with E-state index in [0.717, 1.165) is 10.8 Å². The average molecular weight is 404 g/mol. The summed E-state index contributed by atoms with van der Waals surface area (Å²) in [5, 5.41) is 6.77. The minimum Gasteiger partial charge on any atom is -0.452 e. The van der Waals surface area contributed by atoms with Crippen molar-refractivity contribution in [3.63, 3.8) is 0 Å². The van der Waals surface area contributed by atoms with Gasteiger partial charge in [0.1, 0.15) is 0 Å². The molecule has 148 valence electrons. The Labute approximate surface area is 162 Å². The molecule has 1 aliphatic heterocycles. The van der Waals surface area contributed by atoms with Gasteiger partial charge in [-0.1, -0.05) is 24.3 Å². The molecule has 1 saturated heterocycles. The minimum atomic E-state index is -3.12. The van der Waals surface area contributed by atoms with Crippen molar-refractivity contribution >= 4 is 44.1 Å². The van der Waals surface area contributed by atoms with Gasteiger partial charge in [0.2, 0.25) is 5.91 Å². The lowest BCUT2D eigenvalue weighted by Gasteiger charge is -2.13. The van der Waals surface area contributed by atoms with E-state index < -0.39 is 34.4 Å². The third kappa shape index (κ3) is 4.86. The second-order valence-electron chi connectivity index (χ2n) is 6.67. The van der Waals surface area contributed by atoms with Gasteiger partial charge in [0, 0.05) is 13.0 Å². The molecule has 8 nitrogen and oxygen atoms in total. The molecule has 1 unspecified atom stereocenters. The highest BCUT2D eigenvalue weighted by atomic mass is 32.2. The van der Waals surface area contributed by atoms with Crippen LogP contribution in [0.1, 0.15) is 23.7 Å². The summed E-state index contributed by atoms with van der Waals surface area (Å²) in [5.74, 6) is -1.75. The molecule has 0 bridgehead atoms. The standard InChI is InChI=1S/C19H20N2O6S/c1-12(22)20-17-9-14-5-3-2-4-13(14)8-16(17)19(24)27-10-18(23)21-15-6-7-28(25,26)11-15/h2-5,8-9,15H,6-7,10-11H2,1H3,(H,20,22)(H,21,23). The highest BCUT2D eigenvalue weighted by Crippen LogP contribution is 2.25. The van der Waals surface area contributed by atoms with Crippen LogP contribution in [0.3, 0.4) is 0 Å². The topological polar surface area (TPSA) is 119 Å². The molecular weight excluding hydrogens is 384 g/mol. The lowest BCUT2D eigenvalue weighted by molar-refractivity contribution is -0.124. The van der Waals surface area contributed by atoms with Crippen molar-refractivity contribution in [2.24, 2.45) is 0 Å². The van der Waals surface area contributed by atoms with Crippen LogP contribution in [-0.2, 0) is 24.2 Å². The van der Waals surface area contributed by atoms with Crippen LogP contribution in [0.2, 0.25) is 0 Å². The summed E-state index contributed by atoms with van der Waals surface area (Å²) in [5.41, 5.74) is 0.420. The third-order valence-electron chi connectivity index (χ3n) is 4.35. The number of amides is 2. The SMILES string of the molecule is CC(=O)Nc1cc2ccccc2cc1C(=O)OCC(=O)NC1CCS(=O)(=O)C1. The van der Waals surface area contributed by atoms with E-state index in [-0.39, 0.29) is 23.0 Å². The Bertz CT molecular complexity index is 1050. The van der Waals surface area contributed by atoms with Crippen LogP contribution in [0.5, 0.6) is 0 Å². The molecule has 0 aliphatic carbocycles. The molecule has 3 rings (SSSR count). The molecule has 0 spiro atoms. The highest BCUT2D eigenvalue weighted by Gasteiger charge is 2.29. The summed E-state index contributed by atoms with van der Waals surface area (Å²) in [6.07, 6.45) is 0.347. The first-order valence-electron chi connectivity index (χ1n) is 8.71. The van der Waals surface area contributed by atoms with Crippen LogP contribution in [0.15, 0.2) is 36.4 Å². The lowest BCUT2D eigenvalue weighted by Crippen LogP contribution is -2.38. The number of hydrogen-bond donors (Lipinski definition) is 2. The summed E-state index contributed by atoms with van der Waals surface area (Å²) in [6.45, 7) is 0.787. The van der Waals surface area contributed by atoms with Gasteiger partial charge in [-0.25, -0.2) is 13.2 Å². The highest BCUT2D eigenvalue weighted by molar-refractivity contribution is 7.91. The number of fused-ring (bicyclic) bond motifs is 1. The van der Waals surface area contributed by atoms with Crippen molar-refractivity contribution in [1.82, 2.24) is 5.32 Å². The van der Waals surface area contributed by atoms with Crippen LogP contribution >= 0.6 is 0 Å². The van der Waals surface area contributed by atoms with E-state index in [1.807, 2.05) is 24.3 Å². The fraction of sp³-hybridized carbons (Fsp3) is 0.316. The molecule has 2 aromatic rings. The molecular formula is C19H20N2O6S. The van der Waals surface area contributed by atoms with E-state index in [2.05, 4.69) is 10.6 Å². The first kappa shape index (κ1) is 19.8. The van der Waals surface area contributed by atoms with E-state index in [9.17, 15) is 22.8 Å². The third-order valence-corrected chi connectivity index (χ3v) is 6.12. The molecule has 2 aromatic carbocycles. The molecule has 1 atom stereocenters. The van der Waals surface area contributed by atoms with Gasteiger partial charge in [0.05, 0.1) is 22.8 Å². The largest absolute Gasteiger partial charge is 0.452 e. The Morgan fingerprint density at radius 2 is 1.82 bits per heavy atom. The smallest absolute Gasteiger partial charge is 0.340 e. The molecule has 2 amide bonds. The van der Waals surface area contributed by atoms with Gasteiger partial charge >= 0.3 is 5.97 Å². The monoisotopic (exact) mass is 404 g/mol. The van der Waals surface area contributed by atoms with Crippen molar-refractivity contribution in [3.8, 4) is 0 Å². The van der Waals surface area contributed by atoms with Crippen LogP contribution in [0.25, 0.3) is 10.8 Å². The predicted octanol–water partition coefficient (Wildman–Crippen LogP) is 1.26. The number of carbonyl (C=O) groups is 3. The maximum absolute atomic E-state index is 12.5. The Balaban J connectivity index is 1.70. The van der Waals surface area contributed by atoms with Gasteiger partial charge in [-0.15, -0.1) is 0 Å². The zero-order valence-electron chi connectivity index (χ0n) is 15.2. The Hall–Kier alpha value is -2.94. The van der Waals surface area contributed by atoms with Gasteiger partial charge < -0.3 is 15.4 Å². The maximum Gasteiger partial charge on any atom is 0.340 e. The van der Waals surface area contributed by atoms with E-state index in [1.54, 1.807) is 12.1 Å². The van der Waals surface area contributed by atoms with E-state index >= 15 is 0 Å². The van der Waals surface area contributed by atoms with E-state index in [1.165, 1.54) is 6.92 Å². The molecule has 0 radical (unpaired) electrons. The van der Waals surface area contributed by atoms with Gasteiger partial charge in [0.25, 0.3) is 5.91 Å². The number of hydrogen-bond acceptors (Lipinski definition) is 6. The maximum atomic E-state index is 12.5. The molecule has 1 fully saturated rings. The summed E-state index contributed by atoms with van der Waals surface area (Å²) >= 11 is 0. The quantitative estimate of drug-likeness (QED) is 0.724. The molecule has 9 heteroatoms. The number of carbonyl (C=O) groups excluding carboxylic acids is 3. The van der Waals surface area contributed by atoms with Crippen molar-refractivity contribution in [2.75, 3.05) is 23.4 Å². The number of anilines is 1. The number of sulfone groups is 1. The van der Waals surface area contributed by atoms with Gasteiger partial charge in [-0.3, -0.25) is 9.59 Å². The molecule has 1 heterocycles. The van der Waals surface area contributed by atoms with Crippen LogP contribution in [-0.4, -0.2) is 50.4 Å². The Morgan fingerprint density at radius 3 is 2.43 bits per heavy atom. The second-order valence-corrected chi connectivity index (χ2v) is 8.90. The van der Waals surface area contributed by atoms with Gasteiger partial charge in [-0.2, -0.15) is 0 Å². The molecule has 28 heavy (non-hydrogen) atoms. The number of benzene rings is 2. The van der Waals surface area contributed by atoms with Gasteiger partial charge in [-0.05, 0) is 29.3 Å². The minimum absolute atomic E-state index is 0.0366. The first-order chi connectivity index (χ1) is 13.2. The summed E-state index contributed by atoms with van der Waals surface area (Å²) in [4.78, 5) is 35.9. The zero-order valence-corrected chi connectivity index (χ0v) is 16.0. The molecule has 2 N–H and O–H groups in total. The first-order valence-corrected chi connectivity index (χ1v) is 10.5. The van der Waals surface area contributed by atoms with Crippen molar-refractivity contribution in [3.05, 3.63) is 42.0 Å². The van der Waals surface area contributed by atoms with Crippen molar-refractivity contribution in [1.29, 1.82) is 0 Å². The molecule has 0 saturated carbocycles. The Morgan fingerprint density at radius 1 is 1.14 bits per heavy atom. The van der Waals surface area contributed by atoms with Crippen LogP contribution in [0, 0.1) is 0 Å². The fourth-order valence-corrected chi connectivity index (χ4v) is 4.76. The second kappa shape index (κ2) is 7.97. The molecule has 1 aliphatic rings. The number of ether oxygens (including phenoxy) is 1. The average Bonchev–Trinajstić information content (AvgIpc) is 2.97. The lowest BCUT2D eigenvalue weighted by atomic mass is 10.0. The normalized spacial score (nSPS) is 17.8. The predicted molar refractivity (Wildman–Crippen MR) is 104 cm³/mol. The molecule has 0 aromatic heterocycles. The zero-order chi connectivity index (χ0) is 20.3. The Kier molecular flexibility index (Phi) is 5.64. The number of rotatable bonds is 5. The summed E-state index contributed by atoms with van der Waals surface area (Å²) in [7, 11) is -3.12. The summed E-state index contributed by atoms with van der Waals surface area (Å²) < 4.78 is 27.9. The van der Waals surface area contributed by atoms with Crippen LogP contribution < -0.4 is 10.6 Å². The number of esters is 1.